The van der Waals surface area contributed by atoms with Gasteiger partial charge < -0.3 is 9.40 Å². The summed E-state index contributed by atoms with van der Waals surface area (Å²) >= 11 is 0. The number of H-pyrrole nitrogens is 1. The molecule has 0 aliphatic heterocycles. The third-order valence-corrected chi connectivity index (χ3v) is 4.92. The van der Waals surface area contributed by atoms with Crippen molar-refractivity contribution in [3.8, 4) is 0 Å². The average Bonchev–Trinajstić information content (AvgIpc) is 2.88. The van der Waals surface area contributed by atoms with Gasteiger partial charge in [0.25, 0.3) is 10.0 Å². The second-order valence-electron chi connectivity index (χ2n) is 4.69. The van der Waals surface area contributed by atoms with Crippen LogP contribution in [-0.4, -0.2) is 28.7 Å². The van der Waals surface area contributed by atoms with Crippen molar-refractivity contribution in [3.05, 3.63) is 36.2 Å². The largest absolute Gasteiger partial charge is 0.468 e. The van der Waals surface area contributed by atoms with Crippen LogP contribution in [0, 0.1) is 6.92 Å². The van der Waals surface area contributed by atoms with E-state index < -0.39 is 10.0 Å². The van der Waals surface area contributed by atoms with Crippen LogP contribution in [0.15, 0.2) is 34.0 Å². The highest BCUT2D eigenvalue weighted by Gasteiger charge is 2.39. The minimum atomic E-state index is -3.54. The summed E-state index contributed by atoms with van der Waals surface area (Å²) < 4.78 is 31.9. The predicted octanol–water partition coefficient (Wildman–Crippen LogP) is 1.66. The first-order valence-electron chi connectivity index (χ1n) is 6.13. The first-order valence-corrected chi connectivity index (χ1v) is 7.57. The van der Waals surface area contributed by atoms with Crippen LogP contribution in [0.2, 0.25) is 0 Å². The number of sulfonamides is 1. The normalized spacial score (nSPS) is 16.1. The highest BCUT2D eigenvalue weighted by atomic mass is 32.2. The van der Waals surface area contributed by atoms with Crippen molar-refractivity contribution in [1.29, 1.82) is 0 Å². The van der Waals surface area contributed by atoms with Gasteiger partial charge in [0.05, 0.1) is 19.0 Å². The van der Waals surface area contributed by atoms with E-state index in [1.54, 1.807) is 25.3 Å². The maximum atomic E-state index is 12.6. The molecule has 0 unspecified atom stereocenters. The number of nitrogens with zero attached hydrogens (tertiary/aromatic N) is 2. The van der Waals surface area contributed by atoms with Crippen LogP contribution in [0.4, 0.5) is 0 Å². The maximum absolute atomic E-state index is 12.6. The molecule has 6 nitrogen and oxygen atoms in total. The third-order valence-electron chi connectivity index (χ3n) is 3.11. The number of imidazole rings is 1. The number of aromatic amines is 1. The van der Waals surface area contributed by atoms with Crippen LogP contribution in [0.3, 0.4) is 0 Å². The van der Waals surface area contributed by atoms with E-state index in [0.29, 0.717) is 11.6 Å². The van der Waals surface area contributed by atoms with Gasteiger partial charge in [0.15, 0.2) is 5.03 Å². The number of hydrogen-bond acceptors (Lipinski definition) is 4. The lowest BCUT2D eigenvalue weighted by Crippen LogP contribution is -2.32. The molecule has 0 radical (unpaired) electrons. The fourth-order valence-corrected chi connectivity index (χ4v) is 3.60. The molecule has 2 heterocycles. The Kier molecular flexibility index (Phi) is 2.94. The van der Waals surface area contributed by atoms with E-state index in [1.807, 2.05) is 0 Å². The van der Waals surface area contributed by atoms with Crippen molar-refractivity contribution < 1.29 is 12.8 Å². The third kappa shape index (κ3) is 2.43. The van der Waals surface area contributed by atoms with Crippen molar-refractivity contribution in [2.45, 2.75) is 37.4 Å². The van der Waals surface area contributed by atoms with Crippen molar-refractivity contribution in [3.63, 3.8) is 0 Å². The Balaban J connectivity index is 1.91. The lowest BCUT2D eigenvalue weighted by atomic mass is 10.4. The number of nitrogens with one attached hydrogen (secondary N) is 1. The van der Waals surface area contributed by atoms with E-state index in [1.165, 1.54) is 10.5 Å². The number of aryl methyl sites for hydroxylation is 1. The molecular formula is C12H15N3O3S. The molecule has 2 aromatic rings. The molecule has 0 atom stereocenters. The van der Waals surface area contributed by atoms with Gasteiger partial charge in [-0.2, -0.15) is 4.31 Å². The number of furan rings is 1. The van der Waals surface area contributed by atoms with Crippen LogP contribution in [0.1, 0.15) is 24.4 Å². The van der Waals surface area contributed by atoms with Gasteiger partial charge >= 0.3 is 0 Å². The predicted molar refractivity (Wildman–Crippen MR) is 67.8 cm³/mol. The quantitative estimate of drug-likeness (QED) is 0.904. The number of aromatic nitrogens is 2. The molecule has 3 rings (SSSR count). The molecule has 1 fully saturated rings. The van der Waals surface area contributed by atoms with Crippen LogP contribution in [-0.2, 0) is 16.6 Å². The van der Waals surface area contributed by atoms with Gasteiger partial charge in [-0.15, -0.1) is 0 Å². The Morgan fingerprint density at radius 3 is 2.84 bits per heavy atom. The van der Waals surface area contributed by atoms with Crippen LogP contribution in [0.5, 0.6) is 0 Å². The summed E-state index contributed by atoms with van der Waals surface area (Å²) in [5, 5.41) is 0.142. The average molecular weight is 281 g/mol. The van der Waals surface area contributed by atoms with Crippen LogP contribution >= 0.6 is 0 Å². The van der Waals surface area contributed by atoms with Gasteiger partial charge in [0, 0.05) is 6.04 Å². The van der Waals surface area contributed by atoms with Crippen molar-refractivity contribution in [1.82, 2.24) is 14.3 Å². The zero-order valence-electron chi connectivity index (χ0n) is 10.5. The first-order chi connectivity index (χ1) is 9.07. The molecular weight excluding hydrogens is 266 g/mol. The van der Waals surface area contributed by atoms with Gasteiger partial charge in [0.2, 0.25) is 0 Å². The maximum Gasteiger partial charge on any atom is 0.260 e. The summed E-state index contributed by atoms with van der Waals surface area (Å²) in [5.41, 5.74) is 0. The first kappa shape index (κ1) is 12.4. The highest BCUT2D eigenvalue weighted by Crippen LogP contribution is 2.33. The molecule has 102 valence electrons. The summed E-state index contributed by atoms with van der Waals surface area (Å²) in [4.78, 5) is 6.74. The Labute approximate surface area is 111 Å². The zero-order chi connectivity index (χ0) is 13.5. The lowest BCUT2D eigenvalue weighted by molar-refractivity contribution is 0.355. The SMILES string of the molecule is Cc1ncc(S(=O)(=O)N(Cc2ccco2)C2CC2)[nH]1. The summed E-state index contributed by atoms with van der Waals surface area (Å²) in [6.45, 7) is 1.99. The molecule has 19 heavy (non-hydrogen) atoms. The van der Waals surface area contributed by atoms with E-state index in [2.05, 4.69) is 9.97 Å². The van der Waals surface area contributed by atoms with Gasteiger partial charge in [-0.1, -0.05) is 0 Å². The number of hydrogen-bond donors (Lipinski definition) is 1. The fraction of sp³-hybridized carbons (Fsp3) is 0.417. The Morgan fingerprint density at radius 2 is 2.32 bits per heavy atom. The van der Waals surface area contributed by atoms with Crippen molar-refractivity contribution in [2.75, 3.05) is 0 Å². The van der Waals surface area contributed by atoms with E-state index in [9.17, 15) is 8.42 Å². The lowest BCUT2D eigenvalue weighted by Gasteiger charge is -2.19. The smallest absolute Gasteiger partial charge is 0.260 e. The van der Waals surface area contributed by atoms with Gasteiger partial charge in [-0.25, -0.2) is 13.4 Å². The molecule has 1 saturated carbocycles. The fourth-order valence-electron chi connectivity index (χ4n) is 1.98. The monoisotopic (exact) mass is 281 g/mol. The molecule has 0 saturated heterocycles. The molecule has 1 aliphatic carbocycles. The van der Waals surface area contributed by atoms with E-state index >= 15 is 0 Å². The van der Waals surface area contributed by atoms with Crippen molar-refractivity contribution in [2.24, 2.45) is 0 Å². The molecule has 0 bridgehead atoms. The topological polar surface area (TPSA) is 79.2 Å². The summed E-state index contributed by atoms with van der Waals surface area (Å²) in [7, 11) is -3.54. The Bertz CT molecular complexity index is 656. The Hall–Kier alpha value is -1.60. The van der Waals surface area contributed by atoms with E-state index in [-0.39, 0.29) is 17.6 Å². The molecule has 1 N–H and O–H groups in total. The minimum absolute atomic E-state index is 0.0682. The molecule has 0 aromatic carbocycles. The van der Waals surface area contributed by atoms with Crippen LogP contribution < -0.4 is 0 Å². The Morgan fingerprint density at radius 1 is 1.53 bits per heavy atom. The molecule has 0 amide bonds. The second kappa shape index (κ2) is 4.50. The zero-order valence-corrected chi connectivity index (χ0v) is 11.4. The molecule has 2 aromatic heterocycles. The molecule has 7 heteroatoms. The number of rotatable bonds is 5. The molecule has 1 aliphatic rings. The summed E-state index contributed by atoms with van der Waals surface area (Å²) in [5.74, 6) is 1.24. The second-order valence-corrected chi connectivity index (χ2v) is 6.55. The summed E-state index contributed by atoms with van der Waals surface area (Å²) in [6.07, 6.45) is 4.70. The van der Waals surface area contributed by atoms with Crippen molar-refractivity contribution >= 4 is 10.0 Å². The molecule has 0 spiro atoms. The van der Waals surface area contributed by atoms with Gasteiger partial charge in [0.1, 0.15) is 11.6 Å². The standard InChI is InChI=1S/C12H15N3O3S/c1-9-13-7-12(14-9)19(16,17)15(10-4-5-10)8-11-3-2-6-18-11/h2-3,6-7,10H,4-5,8H2,1H3,(H,13,14). The van der Waals surface area contributed by atoms with Gasteiger partial charge in [-0.05, 0) is 31.9 Å². The van der Waals surface area contributed by atoms with E-state index in [4.69, 9.17) is 4.42 Å². The van der Waals surface area contributed by atoms with Crippen LogP contribution in [0.25, 0.3) is 0 Å². The highest BCUT2D eigenvalue weighted by molar-refractivity contribution is 7.89. The van der Waals surface area contributed by atoms with Gasteiger partial charge in [-0.3, -0.25) is 0 Å². The minimum Gasteiger partial charge on any atom is -0.468 e. The van der Waals surface area contributed by atoms with E-state index in [0.717, 1.165) is 12.8 Å². The summed E-state index contributed by atoms with van der Waals surface area (Å²) in [6, 6.07) is 3.61.